The Hall–Kier alpha value is -5.92. The molecule has 0 amide bonds. The van der Waals surface area contributed by atoms with Gasteiger partial charge in [0.15, 0.2) is 0 Å². The van der Waals surface area contributed by atoms with Crippen molar-refractivity contribution in [1.29, 1.82) is 0 Å². The SMILES string of the molecule is Cc1ccc2c(c1N(c1ccc(-c3cccc4ccccc34)cc1)c1ccc(-c3cccc4ccccc34)cc1)-c1ccccc1C2(C)C. The fourth-order valence-electron chi connectivity index (χ4n) is 8.11. The molecule has 0 spiro atoms. The third-order valence-corrected chi connectivity index (χ3v) is 10.6. The molecular formula is C48H37N. The fourth-order valence-corrected chi connectivity index (χ4v) is 8.11. The van der Waals surface area contributed by atoms with Gasteiger partial charge in [0.25, 0.3) is 0 Å². The molecule has 0 heterocycles. The topological polar surface area (TPSA) is 3.24 Å². The van der Waals surface area contributed by atoms with Crippen LogP contribution in [0.3, 0.4) is 0 Å². The van der Waals surface area contributed by atoms with Crippen molar-refractivity contribution in [2.45, 2.75) is 26.2 Å². The van der Waals surface area contributed by atoms with E-state index in [2.05, 4.69) is 196 Å². The van der Waals surface area contributed by atoms with Gasteiger partial charge in [0.2, 0.25) is 0 Å². The molecule has 0 unspecified atom stereocenters. The first-order chi connectivity index (χ1) is 24.0. The standard InChI is InChI=1S/C48H37N/c1-32-22-31-45-46(43-18-8-9-21-44(43)48(45,2)3)47(32)49(37-27-23-35(24-28-37)41-19-10-14-33-12-4-6-16-39(33)41)38-29-25-36(26-30-38)42-20-11-15-34-13-5-7-17-40(34)42/h4-31H,1-3H3. The molecule has 0 N–H and O–H groups in total. The largest absolute Gasteiger partial charge is 0.310 e. The Morgan fingerprint density at radius 3 is 1.45 bits per heavy atom. The third-order valence-electron chi connectivity index (χ3n) is 10.6. The number of anilines is 3. The van der Waals surface area contributed by atoms with E-state index in [-0.39, 0.29) is 5.41 Å². The van der Waals surface area contributed by atoms with Crippen LogP contribution in [-0.4, -0.2) is 0 Å². The van der Waals surface area contributed by atoms with Crippen LogP contribution in [0.2, 0.25) is 0 Å². The number of fused-ring (bicyclic) bond motifs is 5. The van der Waals surface area contributed by atoms with Gasteiger partial charge in [-0.15, -0.1) is 0 Å². The molecule has 1 aliphatic carbocycles. The smallest absolute Gasteiger partial charge is 0.0572 e. The van der Waals surface area contributed by atoms with Crippen LogP contribution in [0.4, 0.5) is 17.1 Å². The Morgan fingerprint density at radius 1 is 0.408 bits per heavy atom. The highest BCUT2D eigenvalue weighted by Crippen LogP contribution is 2.55. The monoisotopic (exact) mass is 627 g/mol. The first-order valence-electron chi connectivity index (χ1n) is 17.2. The average molecular weight is 628 g/mol. The van der Waals surface area contributed by atoms with Crippen LogP contribution in [0.1, 0.15) is 30.5 Å². The summed E-state index contributed by atoms with van der Waals surface area (Å²) in [5, 5.41) is 5.06. The lowest BCUT2D eigenvalue weighted by atomic mass is 9.82. The van der Waals surface area contributed by atoms with Gasteiger partial charge in [0.1, 0.15) is 0 Å². The maximum atomic E-state index is 2.48. The summed E-state index contributed by atoms with van der Waals surface area (Å²) in [6, 6.07) is 62.4. The second-order valence-electron chi connectivity index (χ2n) is 13.8. The van der Waals surface area contributed by atoms with Crippen molar-refractivity contribution in [1.82, 2.24) is 0 Å². The number of aryl methyl sites for hydroxylation is 1. The van der Waals surface area contributed by atoms with Crippen LogP contribution >= 0.6 is 0 Å². The van der Waals surface area contributed by atoms with Crippen molar-refractivity contribution in [3.05, 3.63) is 187 Å². The number of hydrogen-bond donors (Lipinski definition) is 0. The van der Waals surface area contributed by atoms with E-state index < -0.39 is 0 Å². The molecule has 0 aliphatic heterocycles. The molecule has 8 aromatic carbocycles. The van der Waals surface area contributed by atoms with Crippen LogP contribution in [0.25, 0.3) is 54.9 Å². The van der Waals surface area contributed by atoms with Crippen molar-refractivity contribution in [3.8, 4) is 33.4 Å². The van der Waals surface area contributed by atoms with E-state index in [0.29, 0.717) is 0 Å². The lowest BCUT2D eigenvalue weighted by molar-refractivity contribution is 0.660. The summed E-state index contributed by atoms with van der Waals surface area (Å²) in [5.74, 6) is 0. The van der Waals surface area contributed by atoms with Crippen LogP contribution in [0, 0.1) is 6.92 Å². The zero-order valence-corrected chi connectivity index (χ0v) is 28.1. The highest BCUT2D eigenvalue weighted by molar-refractivity contribution is 6.00. The molecule has 1 heteroatoms. The third kappa shape index (κ3) is 4.69. The second-order valence-corrected chi connectivity index (χ2v) is 13.8. The molecule has 49 heavy (non-hydrogen) atoms. The molecular weight excluding hydrogens is 591 g/mol. The number of nitrogens with zero attached hydrogens (tertiary/aromatic N) is 1. The molecule has 1 nitrogen and oxygen atoms in total. The Bertz CT molecular complexity index is 2390. The normalized spacial score (nSPS) is 13.0. The molecule has 8 aromatic rings. The van der Waals surface area contributed by atoms with Gasteiger partial charge < -0.3 is 4.90 Å². The van der Waals surface area contributed by atoms with E-state index in [9.17, 15) is 0 Å². The van der Waals surface area contributed by atoms with E-state index in [4.69, 9.17) is 0 Å². The zero-order valence-electron chi connectivity index (χ0n) is 28.1. The maximum Gasteiger partial charge on any atom is 0.0572 e. The van der Waals surface area contributed by atoms with Gasteiger partial charge in [-0.05, 0) is 97.2 Å². The summed E-state index contributed by atoms with van der Waals surface area (Å²) in [6.45, 7) is 6.98. The van der Waals surface area contributed by atoms with Crippen molar-refractivity contribution < 1.29 is 0 Å². The van der Waals surface area contributed by atoms with Gasteiger partial charge in [0.05, 0.1) is 5.69 Å². The van der Waals surface area contributed by atoms with E-state index in [1.54, 1.807) is 0 Å². The number of benzene rings is 8. The minimum atomic E-state index is -0.0868. The molecule has 0 atom stereocenters. The van der Waals surface area contributed by atoms with Crippen LogP contribution in [0.5, 0.6) is 0 Å². The molecule has 0 fully saturated rings. The minimum Gasteiger partial charge on any atom is -0.310 e. The molecule has 234 valence electrons. The molecule has 0 saturated heterocycles. The van der Waals surface area contributed by atoms with Crippen LogP contribution < -0.4 is 4.90 Å². The molecule has 0 radical (unpaired) electrons. The van der Waals surface area contributed by atoms with Gasteiger partial charge >= 0.3 is 0 Å². The van der Waals surface area contributed by atoms with Crippen molar-refractivity contribution in [2.24, 2.45) is 0 Å². The predicted molar refractivity (Wildman–Crippen MR) is 209 cm³/mol. The first-order valence-corrected chi connectivity index (χ1v) is 17.2. The Kier molecular flexibility index (Phi) is 6.78. The number of hydrogen-bond acceptors (Lipinski definition) is 1. The predicted octanol–water partition coefficient (Wildman–Crippen LogP) is 13.4. The molecule has 0 saturated carbocycles. The first kappa shape index (κ1) is 29.2. The van der Waals surface area contributed by atoms with E-state index in [1.807, 2.05) is 0 Å². The quantitative estimate of drug-likeness (QED) is 0.183. The minimum absolute atomic E-state index is 0.0868. The van der Waals surface area contributed by atoms with Crippen molar-refractivity contribution >= 4 is 38.6 Å². The summed E-state index contributed by atoms with van der Waals surface area (Å²) in [5.41, 5.74) is 15.0. The summed E-state index contributed by atoms with van der Waals surface area (Å²) >= 11 is 0. The Labute approximate surface area is 288 Å². The summed E-state index contributed by atoms with van der Waals surface area (Å²) < 4.78 is 0. The zero-order chi connectivity index (χ0) is 33.1. The lowest BCUT2D eigenvalue weighted by Crippen LogP contribution is -2.16. The van der Waals surface area contributed by atoms with Gasteiger partial charge in [-0.1, -0.05) is 159 Å². The van der Waals surface area contributed by atoms with E-state index in [0.717, 1.165) is 11.4 Å². The molecule has 9 rings (SSSR count). The number of rotatable bonds is 5. The van der Waals surface area contributed by atoms with Gasteiger partial charge in [0, 0.05) is 22.4 Å². The molecule has 0 aromatic heterocycles. The van der Waals surface area contributed by atoms with Crippen LogP contribution in [-0.2, 0) is 5.41 Å². The van der Waals surface area contributed by atoms with Crippen molar-refractivity contribution in [3.63, 3.8) is 0 Å². The summed E-state index contributed by atoms with van der Waals surface area (Å²) in [6.07, 6.45) is 0. The second kappa shape index (κ2) is 11.4. The summed E-state index contributed by atoms with van der Waals surface area (Å²) in [4.78, 5) is 2.48. The van der Waals surface area contributed by atoms with Crippen molar-refractivity contribution in [2.75, 3.05) is 4.90 Å². The highest BCUT2D eigenvalue weighted by atomic mass is 15.1. The molecule has 1 aliphatic rings. The van der Waals surface area contributed by atoms with Gasteiger partial charge in [-0.2, -0.15) is 0 Å². The molecule has 0 bridgehead atoms. The summed E-state index contributed by atoms with van der Waals surface area (Å²) in [7, 11) is 0. The lowest BCUT2D eigenvalue weighted by Gasteiger charge is -2.31. The van der Waals surface area contributed by atoms with Gasteiger partial charge in [-0.3, -0.25) is 0 Å². The fraction of sp³-hybridized carbons (Fsp3) is 0.0833. The van der Waals surface area contributed by atoms with Crippen LogP contribution in [0.15, 0.2) is 170 Å². The average Bonchev–Trinajstić information content (AvgIpc) is 3.38. The Balaban J connectivity index is 1.23. The van der Waals surface area contributed by atoms with E-state index >= 15 is 0 Å². The maximum absolute atomic E-state index is 2.48. The van der Waals surface area contributed by atoms with Gasteiger partial charge in [-0.25, -0.2) is 0 Å². The van der Waals surface area contributed by atoms with E-state index in [1.165, 1.54) is 77.3 Å². The Morgan fingerprint density at radius 2 is 0.878 bits per heavy atom. The highest BCUT2D eigenvalue weighted by Gasteiger charge is 2.38.